The summed E-state index contributed by atoms with van der Waals surface area (Å²) in [6, 6.07) is 2.07. The molecule has 1 aromatic heterocycles. The Hall–Kier alpha value is -0.870. The molecule has 0 aliphatic carbocycles. The number of amides is 1. The average Bonchev–Trinajstić information content (AvgIpc) is 2.57. The molecule has 0 aliphatic heterocycles. The zero-order valence-electron chi connectivity index (χ0n) is 6.75. The van der Waals surface area contributed by atoms with Crippen LogP contribution in [-0.2, 0) is 11.2 Å². The van der Waals surface area contributed by atoms with E-state index in [1.165, 1.54) is 5.56 Å². The first kappa shape index (κ1) is 9.22. The Labute approximate surface area is 75.6 Å². The van der Waals surface area contributed by atoms with E-state index >= 15 is 0 Å². The van der Waals surface area contributed by atoms with E-state index in [9.17, 15) is 4.79 Å². The van der Waals surface area contributed by atoms with Gasteiger partial charge in [-0.1, -0.05) is 0 Å². The first-order valence-electron chi connectivity index (χ1n) is 3.83. The molecule has 0 bridgehead atoms. The van der Waals surface area contributed by atoms with Gasteiger partial charge in [-0.3, -0.25) is 10.2 Å². The van der Waals surface area contributed by atoms with E-state index in [2.05, 4.69) is 16.9 Å². The molecule has 0 fully saturated rings. The smallest absolute Gasteiger partial charge is 0.233 e. The van der Waals surface area contributed by atoms with Crippen molar-refractivity contribution in [3.63, 3.8) is 0 Å². The molecule has 1 heterocycles. The molecule has 1 amide bonds. The quantitative estimate of drug-likeness (QED) is 0.417. The normalized spacial score (nSPS) is 9.75. The van der Waals surface area contributed by atoms with Gasteiger partial charge in [0.1, 0.15) is 0 Å². The first-order chi connectivity index (χ1) is 5.83. The van der Waals surface area contributed by atoms with E-state index in [4.69, 9.17) is 5.84 Å². The van der Waals surface area contributed by atoms with Crippen LogP contribution >= 0.6 is 11.3 Å². The molecule has 0 aliphatic rings. The second-order valence-corrected chi connectivity index (χ2v) is 3.33. The van der Waals surface area contributed by atoms with Gasteiger partial charge < -0.3 is 0 Å². The molecular formula is C8H12N2OS. The van der Waals surface area contributed by atoms with Crippen LogP contribution in [0.3, 0.4) is 0 Å². The van der Waals surface area contributed by atoms with Gasteiger partial charge in [0.15, 0.2) is 0 Å². The van der Waals surface area contributed by atoms with Crippen LogP contribution in [0.25, 0.3) is 0 Å². The highest BCUT2D eigenvalue weighted by molar-refractivity contribution is 7.07. The number of hydrogen-bond donors (Lipinski definition) is 2. The number of nitrogens with one attached hydrogen (secondary N) is 1. The molecular weight excluding hydrogens is 172 g/mol. The van der Waals surface area contributed by atoms with Gasteiger partial charge >= 0.3 is 0 Å². The Kier molecular flexibility index (Phi) is 3.76. The summed E-state index contributed by atoms with van der Waals surface area (Å²) < 4.78 is 0. The summed E-state index contributed by atoms with van der Waals surface area (Å²) in [6.07, 6.45) is 2.32. The van der Waals surface area contributed by atoms with Crippen molar-refractivity contribution in [2.75, 3.05) is 0 Å². The molecule has 12 heavy (non-hydrogen) atoms. The summed E-state index contributed by atoms with van der Waals surface area (Å²) in [5.74, 6) is 4.84. The molecule has 66 valence electrons. The van der Waals surface area contributed by atoms with Crippen molar-refractivity contribution in [3.8, 4) is 0 Å². The fourth-order valence-corrected chi connectivity index (χ4v) is 1.66. The molecule has 4 heteroatoms. The van der Waals surface area contributed by atoms with Gasteiger partial charge in [-0.15, -0.1) is 0 Å². The van der Waals surface area contributed by atoms with E-state index in [-0.39, 0.29) is 5.91 Å². The summed E-state index contributed by atoms with van der Waals surface area (Å²) in [7, 11) is 0. The maximum atomic E-state index is 10.7. The van der Waals surface area contributed by atoms with Gasteiger partial charge in [-0.25, -0.2) is 5.84 Å². The van der Waals surface area contributed by atoms with E-state index in [1.807, 2.05) is 5.38 Å². The van der Waals surface area contributed by atoms with Crippen LogP contribution in [0.2, 0.25) is 0 Å². The minimum absolute atomic E-state index is 0.0924. The van der Waals surface area contributed by atoms with Gasteiger partial charge in [0.05, 0.1) is 0 Å². The van der Waals surface area contributed by atoms with Crippen LogP contribution < -0.4 is 11.3 Å². The highest BCUT2D eigenvalue weighted by Gasteiger charge is 1.98. The number of hydrogen-bond acceptors (Lipinski definition) is 3. The fourth-order valence-electron chi connectivity index (χ4n) is 0.960. The molecule has 1 aromatic rings. The molecule has 1 rings (SSSR count). The molecule has 0 aromatic carbocycles. The number of hydrazine groups is 1. The molecule has 0 unspecified atom stereocenters. The van der Waals surface area contributed by atoms with E-state index in [0.29, 0.717) is 6.42 Å². The molecule has 3 N–H and O–H groups in total. The van der Waals surface area contributed by atoms with Crippen molar-refractivity contribution in [2.24, 2.45) is 5.84 Å². The highest BCUT2D eigenvalue weighted by atomic mass is 32.1. The summed E-state index contributed by atoms with van der Waals surface area (Å²) in [5, 5.41) is 4.14. The van der Waals surface area contributed by atoms with E-state index in [1.54, 1.807) is 11.3 Å². The van der Waals surface area contributed by atoms with Crippen LogP contribution in [-0.4, -0.2) is 5.91 Å². The molecule has 0 atom stereocenters. The van der Waals surface area contributed by atoms with Crippen LogP contribution in [0.5, 0.6) is 0 Å². The third kappa shape index (κ3) is 3.02. The molecule has 3 nitrogen and oxygen atoms in total. The second-order valence-electron chi connectivity index (χ2n) is 2.55. The number of carbonyl (C=O) groups is 1. The maximum absolute atomic E-state index is 10.7. The number of aryl methyl sites for hydroxylation is 1. The van der Waals surface area contributed by atoms with Gasteiger partial charge in [-0.2, -0.15) is 11.3 Å². The third-order valence-electron chi connectivity index (χ3n) is 1.61. The zero-order valence-corrected chi connectivity index (χ0v) is 7.56. The Balaban J connectivity index is 2.15. The number of rotatable bonds is 4. The van der Waals surface area contributed by atoms with Gasteiger partial charge in [0.25, 0.3) is 0 Å². The minimum atomic E-state index is -0.0924. The van der Waals surface area contributed by atoms with Crippen molar-refractivity contribution in [3.05, 3.63) is 22.4 Å². The lowest BCUT2D eigenvalue weighted by Gasteiger charge is -1.97. The lowest BCUT2D eigenvalue weighted by molar-refractivity contribution is -0.121. The SMILES string of the molecule is NNC(=O)CCCc1ccsc1. The lowest BCUT2D eigenvalue weighted by atomic mass is 10.1. The highest BCUT2D eigenvalue weighted by Crippen LogP contribution is 2.09. The molecule has 0 saturated heterocycles. The monoisotopic (exact) mass is 184 g/mol. The average molecular weight is 184 g/mol. The number of nitrogens with two attached hydrogens (primary N) is 1. The van der Waals surface area contributed by atoms with Crippen molar-refractivity contribution >= 4 is 17.2 Å². The van der Waals surface area contributed by atoms with Gasteiger partial charge in [-0.05, 0) is 35.2 Å². The van der Waals surface area contributed by atoms with E-state index < -0.39 is 0 Å². The summed E-state index contributed by atoms with van der Waals surface area (Å²) in [5.41, 5.74) is 3.40. The fraction of sp³-hybridized carbons (Fsp3) is 0.375. The van der Waals surface area contributed by atoms with Crippen molar-refractivity contribution in [2.45, 2.75) is 19.3 Å². The Morgan fingerprint density at radius 3 is 3.08 bits per heavy atom. The third-order valence-corrected chi connectivity index (χ3v) is 2.34. The van der Waals surface area contributed by atoms with Crippen LogP contribution in [0.1, 0.15) is 18.4 Å². The van der Waals surface area contributed by atoms with Crippen molar-refractivity contribution in [1.29, 1.82) is 0 Å². The standard InChI is InChI=1S/C8H12N2OS/c9-10-8(11)3-1-2-7-4-5-12-6-7/h4-6H,1-3,9H2,(H,10,11). The Morgan fingerprint density at radius 1 is 1.67 bits per heavy atom. The topological polar surface area (TPSA) is 55.1 Å². The molecule has 0 saturated carbocycles. The summed E-state index contributed by atoms with van der Waals surface area (Å²) in [6.45, 7) is 0. The van der Waals surface area contributed by atoms with Crippen LogP contribution in [0.15, 0.2) is 16.8 Å². The Bertz CT molecular complexity index is 233. The molecule has 0 spiro atoms. The van der Waals surface area contributed by atoms with Gasteiger partial charge in [0, 0.05) is 6.42 Å². The predicted molar refractivity (Wildman–Crippen MR) is 49.6 cm³/mol. The van der Waals surface area contributed by atoms with Crippen molar-refractivity contribution in [1.82, 2.24) is 5.43 Å². The zero-order chi connectivity index (χ0) is 8.81. The maximum Gasteiger partial charge on any atom is 0.233 e. The first-order valence-corrected chi connectivity index (χ1v) is 4.77. The van der Waals surface area contributed by atoms with Crippen molar-refractivity contribution < 1.29 is 4.79 Å². The van der Waals surface area contributed by atoms with Gasteiger partial charge in [0.2, 0.25) is 5.91 Å². The second kappa shape index (κ2) is 4.90. The summed E-state index contributed by atoms with van der Waals surface area (Å²) >= 11 is 1.68. The minimum Gasteiger partial charge on any atom is -0.294 e. The van der Waals surface area contributed by atoms with Crippen LogP contribution in [0, 0.1) is 0 Å². The number of carbonyl (C=O) groups excluding carboxylic acids is 1. The summed E-state index contributed by atoms with van der Waals surface area (Å²) in [4.78, 5) is 10.7. The largest absolute Gasteiger partial charge is 0.294 e. The molecule has 0 radical (unpaired) electrons. The predicted octanol–water partition coefficient (Wildman–Crippen LogP) is 1.06. The number of thiophene rings is 1. The lowest BCUT2D eigenvalue weighted by Crippen LogP contribution is -2.29. The Morgan fingerprint density at radius 2 is 2.50 bits per heavy atom. The van der Waals surface area contributed by atoms with Crippen LogP contribution in [0.4, 0.5) is 0 Å². The van der Waals surface area contributed by atoms with E-state index in [0.717, 1.165) is 12.8 Å².